The number of hydrogen-bond donors (Lipinski definition) is 2. The van der Waals surface area contributed by atoms with E-state index in [1.807, 2.05) is 13.8 Å². The number of halogens is 1. The van der Waals surface area contributed by atoms with Gasteiger partial charge in [0.2, 0.25) is 5.91 Å². The summed E-state index contributed by atoms with van der Waals surface area (Å²) in [5, 5.41) is 5.85. The third-order valence-corrected chi connectivity index (χ3v) is 7.28. The predicted molar refractivity (Wildman–Crippen MR) is 139 cm³/mol. The fourth-order valence-corrected chi connectivity index (χ4v) is 4.97. The number of para-hydroxylation sites is 1. The summed E-state index contributed by atoms with van der Waals surface area (Å²) in [4.78, 5) is 25.7. The van der Waals surface area contributed by atoms with Crippen LogP contribution in [0.3, 0.4) is 0 Å². The van der Waals surface area contributed by atoms with Crippen molar-refractivity contribution in [1.82, 2.24) is 5.32 Å². The molecule has 9 heteroatoms. The molecule has 0 atom stereocenters. The molecule has 0 bridgehead atoms. The van der Waals surface area contributed by atoms with Crippen LogP contribution in [0.15, 0.2) is 77.7 Å². The van der Waals surface area contributed by atoms with E-state index in [1.165, 1.54) is 18.2 Å². The van der Waals surface area contributed by atoms with Crippen LogP contribution in [0.1, 0.15) is 35.7 Å². The van der Waals surface area contributed by atoms with Gasteiger partial charge in [-0.3, -0.25) is 13.9 Å². The van der Waals surface area contributed by atoms with Gasteiger partial charge in [0, 0.05) is 11.6 Å². The number of nitrogens with one attached hydrogen (secondary N) is 2. The van der Waals surface area contributed by atoms with Crippen molar-refractivity contribution in [2.75, 3.05) is 22.7 Å². The van der Waals surface area contributed by atoms with Crippen LogP contribution >= 0.6 is 11.6 Å². The predicted octanol–water partition coefficient (Wildman–Crippen LogP) is 5.01. The zero-order valence-corrected chi connectivity index (χ0v) is 21.2. The van der Waals surface area contributed by atoms with Crippen molar-refractivity contribution >= 4 is 44.8 Å². The lowest BCUT2D eigenvalue weighted by Gasteiger charge is -2.24. The van der Waals surface area contributed by atoms with Crippen molar-refractivity contribution in [3.63, 3.8) is 0 Å². The number of amides is 2. The van der Waals surface area contributed by atoms with Gasteiger partial charge in [0.25, 0.3) is 15.9 Å². The number of nitrogens with zero attached hydrogens (tertiary/aromatic N) is 1. The fourth-order valence-electron chi connectivity index (χ4n) is 3.37. The quantitative estimate of drug-likeness (QED) is 0.372. The van der Waals surface area contributed by atoms with Crippen molar-refractivity contribution in [1.29, 1.82) is 0 Å². The molecule has 0 fully saturated rings. The van der Waals surface area contributed by atoms with E-state index in [0.717, 1.165) is 22.7 Å². The highest BCUT2D eigenvalue weighted by Gasteiger charge is 2.28. The van der Waals surface area contributed by atoms with Crippen LogP contribution in [0, 0.1) is 6.92 Å². The minimum atomic E-state index is -4.08. The molecule has 184 valence electrons. The Labute approximate surface area is 211 Å². The number of hydrogen-bond acceptors (Lipinski definition) is 4. The number of anilines is 2. The van der Waals surface area contributed by atoms with Crippen LogP contribution < -0.4 is 14.9 Å². The third kappa shape index (κ3) is 6.83. The lowest BCUT2D eigenvalue weighted by molar-refractivity contribution is -0.114. The molecule has 0 aliphatic carbocycles. The van der Waals surface area contributed by atoms with Gasteiger partial charge in [-0.15, -0.1) is 0 Å². The maximum absolute atomic E-state index is 13.5. The van der Waals surface area contributed by atoms with Gasteiger partial charge in [-0.1, -0.05) is 60.8 Å². The second kappa shape index (κ2) is 11.9. The van der Waals surface area contributed by atoms with E-state index in [2.05, 4.69) is 10.6 Å². The van der Waals surface area contributed by atoms with Crippen molar-refractivity contribution in [2.24, 2.45) is 0 Å². The van der Waals surface area contributed by atoms with Gasteiger partial charge in [-0.25, -0.2) is 8.42 Å². The van der Waals surface area contributed by atoms with Crippen molar-refractivity contribution in [2.45, 2.75) is 31.6 Å². The van der Waals surface area contributed by atoms with Crippen molar-refractivity contribution in [3.05, 3.63) is 88.9 Å². The van der Waals surface area contributed by atoms with Gasteiger partial charge in [0.1, 0.15) is 6.54 Å². The molecular formula is C26H28ClN3O4S. The Balaban J connectivity index is 1.89. The number of carbonyl (C=O) groups is 2. The Bertz CT molecular complexity index is 1290. The average Bonchev–Trinajstić information content (AvgIpc) is 2.83. The lowest BCUT2D eigenvalue weighted by atomic mass is 10.1. The Morgan fingerprint density at radius 2 is 1.69 bits per heavy atom. The topological polar surface area (TPSA) is 95.6 Å². The van der Waals surface area contributed by atoms with Crippen molar-refractivity contribution in [3.8, 4) is 0 Å². The summed E-state index contributed by atoms with van der Waals surface area (Å²) in [5.74, 6) is -0.914. The summed E-state index contributed by atoms with van der Waals surface area (Å²) in [5.41, 5.74) is 1.75. The maximum Gasteiger partial charge on any atom is 0.264 e. The fraction of sp³-hybridized carbons (Fsp3) is 0.231. The molecule has 0 aliphatic rings. The standard InChI is InChI=1S/C26H28ClN3O4S/c1-3-4-16-28-26(32)23-10-5-6-11-24(23)29-25(31)18-30(21-9-7-8-20(27)17-21)35(33,34)22-14-12-19(2)13-15-22/h5-15,17H,3-4,16,18H2,1-2H3,(H,28,32)(H,29,31). The Morgan fingerprint density at radius 3 is 2.37 bits per heavy atom. The van der Waals surface area contributed by atoms with Crippen LogP contribution in [-0.4, -0.2) is 33.3 Å². The summed E-state index contributed by atoms with van der Waals surface area (Å²) >= 11 is 6.11. The van der Waals surface area contributed by atoms with Crippen LogP contribution in [0.25, 0.3) is 0 Å². The van der Waals surface area contributed by atoms with Crippen molar-refractivity contribution < 1.29 is 18.0 Å². The monoisotopic (exact) mass is 513 g/mol. The third-order valence-electron chi connectivity index (χ3n) is 5.25. The van der Waals surface area contributed by atoms with E-state index in [0.29, 0.717) is 22.8 Å². The normalized spacial score (nSPS) is 11.1. The molecule has 0 saturated carbocycles. The molecule has 0 spiro atoms. The lowest BCUT2D eigenvalue weighted by Crippen LogP contribution is -2.38. The number of benzene rings is 3. The molecule has 0 aliphatic heterocycles. The van der Waals surface area contributed by atoms with E-state index in [1.54, 1.807) is 54.6 Å². The Morgan fingerprint density at radius 1 is 0.971 bits per heavy atom. The van der Waals surface area contributed by atoms with E-state index < -0.39 is 22.5 Å². The van der Waals surface area contributed by atoms with Gasteiger partial charge in [-0.05, 0) is 55.8 Å². The molecule has 35 heavy (non-hydrogen) atoms. The first-order valence-electron chi connectivity index (χ1n) is 11.2. The van der Waals surface area contributed by atoms with Crippen LogP contribution in [-0.2, 0) is 14.8 Å². The molecular weight excluding hydrogens is 486 g/mol. The molecule has 0 heterocycles. The molecule has 0 aromatic heterocycles. The summed E-state index contributed by atoms with van der Waals surface area (Å²) in [6, 6.07) is 19.3. The molecule has 3 aromatic carbocycles. The molecule has 7 nitrogen and oxygen atoms in total. The zero-order chi connectivity index (χ0) is 25.4. The molecule has 0 unspecified atom stereocenters. The van der Waals surface area contributed by atoms with Crippen LogP contribution in [0.4, 0.5) is 11.4 Å². The maximum atomic E-state index is 13.5. The van der Waals surface area contributed by atoms with E-state index in [9.17, 15) is 18.0 Å². The number of carbonyl (C=O) groups excluding carboxylic acids is 2. The zero-order valence-electron chi connectivity index (χ0n) is 19.6. The second-order valence-corrected chi connectivity index (χ2v) is 10.3. The largest absolute Gasteiger partial charge is 0.352 e. The molecule has 3 aromatic rings. The van der Waals surface area contributed by atoms with Crippen LogP contribution in [0.5, 0.6) is 0 Å². The second-order valence-electron chi connectivity index (χ2n) is 8.01. The molecule has 3 rings (SSSR count). The molecule has 2 N–H and O–H groups in total. The smallest absolute Gasteiger partial charge is 0.264 e. The van der Waals surface area contributed by atoms with E-state index in [4.69, 9.17) is 11.6 Å². The summed E-state index contributed by atoms with van der Waals surface area (Å²) in [7, 11) is -4.08. The van der Waals surface area contributed by atoms with E-state index in [-0.39, 0.29) is 16.5 Å². The molecule has 2 amide bonds. The van der Waals surface area contributed by atoms with Gasteiger partial charge in [0.05, 0.1) is 21.8 Å². The number of aryl methyl sites for hydroxylation is 1. The van der Waals surface area contributed by atoms with Gasteiger partial charge in [0.15, 0.2) is 0 Å². The Hall–Kier alpha value is -3.36. The molecule has 0 saturated heterocycles. The van der Waals surface area contributed by atoms with Gasteiger partial charge >= 0.3 is 0 Å². The highest BCUT2D eigenvalue weighted by Crippen LogP contribution is 2.26. The summed E-state index contributed by atoms with van der Waals surface area (Å²) in [6.45, 7) is 3.89. The van der Waals surface area contributed by atoms with E-state index >= 15 is 0 Å². The summed E-state index contributed by atoms with van der Waals surface area (Å²) < 4.78 is 28.0. The minimum absolute atomic E-state index is 0.0478. The van der Waals surface area contributed by atoms with Crippen LogP contribution in [0.2, 0.25) is 5.02 Å². The molecule has 0 radical (unpaired) electrons. The first-order valence-corrected chi connectivity index (χ1v) is 13.1. The van der Waals surface area contributed by atoms with Gasteiger partial charge in [-0.2, -0.15) is 0 Å². The highest BCUT2D eigenvalue weighted by molar-refractivity contribution is 7.92. The summed E-state index contributed by atoms with van der Waals surface area (Å²) in [6.07, 6.45) is 1.78. The minimum Gasteiger partial charge on any atom is -0.352 e. The number of rotatable bonds is 10. The average molecular weight is 514 g/mol. The SMILES string of the molecule is CCCCNC(=O)c1ccccc1NC(=O)CN(c1cccc(Cl)c1)S(=O)(=O)c1ccc(C)cc1. The first kappa shape index (κ1) is 26.2. The number of unbranched alkanes of at least 4 members (excludes halogenated alkanes) is 1. The Kier molecular flexibility index (Phi) is 8.89. The highest BCUT2D eigenvalue weighted by atomic mass is 35.5. The van der Waals surface area contributed by atoms with Gasteiger partial charge < -0.3 is 10.6 Å². The first-order chi connectivity index (χ1) is 16.7. The number of sulfonamides is 1.